The van der Waals surface area contributed by atoms with Crippen molar-refractivity contribution in [1.82, 2.24) is 10.3 Å². The molecule has 1 amide bonds. The summed E-state index contributed by atoms with van der Waals surface area (Å²) < 4.78 is 0. The highest BCUT2D eigenvalue weighted by Gasteiger charge is 2.37. The lowest BCUT2D eigenvalue weighted by atomic mass is 9.97. The summed E-state index contributed by atoms with van der Waals surface area (Å²) >= 11 is 0. The summed E-state index contributed by atoms with van der Waals surface area (Å²) in [6, 6.07) is 0.186. The van der Waals surface area contributed by atoms with Gasteiger partial charge in [-0.15, -0.1) is 0 Å². The van der Waals surface area contributed by atoms with Crippen LogP contribution in [0.25, 0.3) is 0 Å². The quantitative estimate of drug-likeness (QED) is 0.628. The molecule has 1 unspecified atom stereocenters. The lowest BCUT2D eigenvalue weighted by Gasteiger charge is -2.19. The highest BCUT2D eigenvalue weighted by molar-refractivity contribution is 6.08. The van der Waals surface area contributed by atoms with Gasteiger partial charge in [-0.2, -0.15) is 5.10 Å². The zero-order chi connectivity index (χ0) is 9.42. The normalized spacial score (nSPS) is 27.9. The van der Waals surface area contributed by atoms with Gasteiger partial charge in [-0.1, -0.05) is 0 Å². The summed E-state index contributed by atoms with van der Waals surface area (Å²) in [5.41, 5.74) is 1.07. The Balaban J connectivity index is 2.19. The summed E-state index contributed by atoms with van der Waals surface area (Å²) in [4.78, 5) is 11.8. The fourth-order valence-electron chi connectivity index (χ4n) is 1.82. The predicted octanol–water partition coefficient (Wildman–Crippen LogP) is 0.202. The Kier molecular flexibility index (Phi) is 2.07. The van der Waals surface area contributed by atoms with E-state index in [1.54, 1.807) is 5.01 Å². The Morgan fingerprint density at radius 2 is 2.38 bits per heavy atom. The maximum atomic E-state index is 11.8. The summed E-state index contributed by atoms with van der Waals surface area (Å²) in [7, 11) is 0. The van der Waals surface area contributed by atoms with Crippen molar-refractivity contribution in [2.24, 2.45) is 11.0 Å². The first-order chi connectivity index (χ1) is 6.20. The molecule has 0 aromatic carbocycles. The molecule has 1 N–H and O–H groups in total. The van der Waals surface area contributed by atoms with Crippen LogP contribution in [0.4, 0.5) is 0 Å². The fraction of sp³-hybridized carbons (Fsp3) is 0.778. The second kappa shape index (κ2) is 3.10. The van der Waals surface area contributed by atoms with E-state index in [-0.39, 0.29) is 17.9 Å². The van der Waals surface area contributed by atoms with E-state index in [1.807, 2.05) is 13.8 Å². The average Bonchev–Trinajstić information content (AvgIpc) is 2.45. The van der Waals surface area contributed by atoms with Gasteiger partial charge in [-0.3, -0.25) is 4.79 Å². The van der Waals surface area contributed by atoms with Gasteiger partial charge in [0.05, 0.1) is 11.6 Å². The van der Waals surface area contributed by atoms with Crippen LogP contribution in [-0.2, 0) is 4.79 Å². The lowest BCUT2D eigenvalue weighted by Crippen LogP contribution is -2.41. The van der Waals surface area contributed by atoms with Gasteiger partial charge in [-0.25, -0.2) is 5.01 Å². The van der Waals surface area contributed by atoms with Gasteiger partial charge in [0.2, 0.25) is 0 Å². The van der Waals surface area contributed by atoms with E-state index in [0.29, 0.717) is 0 Å². The second-order valence-corrected chi connectivity index (χ2v) is 3.87. The molecule has 2 aliphatic heterocycles. The molecular weight excluding hydrogens is 166 g/mol. The molecule has 4 heteroatoms. The van der Waals surface area contributed by atoms with Crippen molar-refractivity contribution < 1.29 is 4.79 Å². The molecule has 0 aromatic rings. The minimum Gasteiger partial charge on any atom is -0.315 e. The minimum atomic E-state index is 0.0242. The molecule has 0 bridgehead atoms. The smallest absolute Gasteiger partial charge is 0.253 e. The first-order valence-electron chi connectivity index (χ1n) is 4.81. The number of hydrogen-bond donors (Lipinski definition) is 1. The number of carbonyl (C=O) groups is 1. The molecular formula is C9H15N3O. The molecule has 2 aliphatic rings. The standard InChI is InChI=1S/C9H15N3O/c1-6(2)12-9(13)7-5-10-4-3-8(7)11-12/h6-7,10H,3-5H2,1-2H3. The summed E-state index contributed by atoms with van der Waals surface area (Å²) in [6.07, 6.45) is 0.916. The van der Waals surface area contributed by atoms with E-state index in [9.17, 15) is 4.79 Å². The Labute approximate surface area is 78.0 Å². The number of carbonyl (C=O) groups excluding carboxylic acids is 1. The molecule has 0 saturated carbocycles. The molecule has 1 atom stereocenters. The topological polar surface area (TPSA) is 44.7 Å². The van der Waals surface area contributed by atoms with Gasteiger partial charge < -0.3 is 5.32 Å². The van der Waals surface area contributed by atoms with Crippen molar-refractivity contribution in [2.75, 3.05) is 13.1 Å². The van der Waals surface area contributed by atoms with Crippen molar-refractivity contribution in [1.29, 1.82) is 0 Å². The second-order valence-electron chi connectivity index (χ2n) is 3.87. The van der Waals surface area contributed by atoms with Crippen molar-refractivity contribution in [3.8, 4) is 0 Å². The number of nitrogens with zero attached hydrogens (tertiary/aromatic N) is 2. The highest BCUT2D eigenvalue weighted by Crippen LogP contribution is 2.21. The zero-order valence-corrected chi connectivity index (χ0v) is 8.08. The Hall–Kier alpha value is -0.900. The van der Waals surface area contributed by atoms with Gasteiger partial charge in [0, 0.05) is 25.6 Å². The number of piperidine rings is 1. The van der Waals surface area contributed by atoms with E-state index in [1.165, 1.54) is 0 Å². The van der Waals surface area contributed by atoms with Crippen LogP contribution < -0.4 is 5.32 Å². The first-order valence-corrected chi connectivity index (χ1v) is 4.81. The van der Waals surface area contributed by atoms with E-state index in [4.69, 9.17) is 0 Å². The van der Waals surface area contributed by atoms with Crippen LogP contribution in [0.5, 0.6) is 0 Å². The third kappa shape index (κ3) is 1.35. The number of hydrazone groups is 1. The van der Waals surface area contributed by atoms with Crippen molar-refractivity contribution in [3.05, 3.63) is 0 Å². The van der Waals surface area contributed by atoms with E-state index in [0.717, 1.165) is 25.2 Å². The molecule has 1 saturated heterocycles. The van der Waals surface area contributed by atoms with Crippen LogP contribution in [0, 0.1) is 5.92 Å². The van der Waals surface area contributed by atoms with Gasteiger partial charge in [-0.05, 0) is 13.8 Å². The van der Waals surface area contributed by atoms with Gasteiger partial charge in [0.15, 0.2) is 0 Å². The van der Waals surface area contributed by atoms with E-state index in [2.05, 4.69) is 10.4 Å². The number of amides is 1. The number of rotatable bonds is 1. The third-order valence-corrected chi connectivity index (χ3v) is 2.56. The SMILES string of the molecule is CC(C)N1N=C2CCNCC2C1=O. The average molecular weight is 181 g/mol. The number of hydrogen-bond acceptors (Lipinski definition) is 3. The molecule has 0 radical (unpaired) electrons. The minimum absolute atomic E-state index is 0.0242. The van der Waals surface area contributed by atoms with Crippen molar-refractivity contribution >= 4 is 11.6 Å². The van der Waals surface area contributed by atoms with Crippen LogP contribution in [-0.4, -0.2) is 35.8 Å². The highest BCUT2D eigenvalue weighted by atomic mass is 16.2. The third-order valence-electron chi connectivity index (χ3n) is 2.56. The molecule has 72 valence electrons. The number of fused-ring (bicyclic) bond motifs is 1. The molecule has 0 spiro atoms. The largest absolute Gasteiger partial charge is 0.315 e. The lowest BCUT2D eigenvalue weighted by molar-refractivity contribution is -0.133. The van der Waals surface area contributed by atoms with Crippen molar-refractivity contribution in [3.63, 3.8) is 0 Å². The Bertz CT molecular complexity index is 260. The predicted molar refractivity (Wildman–Crippen MR) is 50.4 cm³/mol. The molecule has 4 nitrogen and oxygen atoms in total. The van der Waals surface area contributed by atoms with Crippen LogP contribution in [0.1, 0.15) is 20.3 Å². The maximum absolute atomic E-state index is 11.8. The molecule has 2 heterocycles. The number of nitrogens with one attached hydrogen (secondary N) is 1. The summed E-state index contributed by atoms with van der Waals surface area (Å²) in [6.45, 7) is 5.70. The maximum Gasteiger partial charge on any atom is 0.253 e. The molecule has 0 aliphatic carbocycles. The van der Waals surface area contributed by atoms with Crippen molar-refractivity contribution in [2.45, 2.75) is 26.3 Å². The fourth-order valence-corrected chi connectivity index (χ4v) is 1.82. The molecule has 0 aromatic heterocycles. The van der Waals surface area contributed by atoms with Crippen LogP contribution in [0.3, 0.4) is 0 Å². The Morgan fingerprint density at radius 3 is 3.00 bits per heavy atom. The van der Waals surface area contributed by atoms with Crippen LogP contribution in [0.2, 0.25) is 0 Å². The monoisotopic (exact) mass is 181 g/mol. The van der Waals surface area contributed by atoms with Crippen LogP contribution >= 0.6 is 0 Å². The molecule has 13 heavy (non-hydrogen) atoms. The zero-order valence-electron chi connectivity index (χ0n) is 8.08. The van der Waals surface area contributed by atoms with Gasteiger partial charge >= 0.3 is 0 Å². The summed E-state index contributed by atoms with van der Waals surface area (Å²) in [5.74, 6) is 0.188. The van der Waals surface area contributed by atoms with E-state index < -0.39 is 0 Å². The Morgan fingerprint density at radius 1 is 1.62 bits per heavy atom. The first kappa shape index (κ1) is 8.69. The van der Waals surface area contributed by atoms with Crippen LogP contribution in [0.15, 0.2) is 5.10 Å². The molecule has 2 rings (SSSR count). The summed E-state index contributed by atoms with van der Waals surface area (Å²) in [5, 5.41) is 9.19. The van der Waals surface area contributed by atoms with E-state index >= 15 is 0 Å². The van der Waals surface area contributed by atoms with Gasteiger partial charge in [0.25, 0.3) is 5.91 Å². The molecule has 1 fully saturated rings. The van der Waals surface area contributed by atoms with Gasteiger partial charge in [0.1, 0.15) is 0 Å².